The smallest absolute Gasteiger partial charge is 0.245 e. The van der Waals surface area contributed by atoms with Crippen LogP contribution in [-0.2, 0) is 16.1 Å². The van der Waals surface area contributed by atoms with E-state index in [1.165, 1.54) is 16.5 Å². The Hall–Kier alpha value is -3.73. The van der Waals surface area contributed by atoms with Crippen molar-refractivity contribution in [2.24, 2.45) is 5.92 Å². The molecule has 200 valence electrons. The van der Waals surface area contributed by atoms with Gasteiger partial charge in [-0.05, 0) is 50.6 Å². The van der Waals surface area contributed by atoms with Crippen LogP contribution in [0.25, 0.3) is 22.0 Å². The molecule has 0 unspecified atom stereocenters. The van der Waals surface area contributed by atoms with Crippen LogP contribution in [0.3, 0.4) is 0 Å². The largest absolute Gasteiger partial charge is 0.354 e. The molecule has 3 aromatic rings. The first-order valence-electron chi connectivity index (χ1n) is 12.9. The van der Waals surface area contributed by atoms with Crippen molar-refractivity contribution >= 4 is 28.5 Å². The molecule has 2 fully saturated rings. The molecular weight excluding hydrogens is 489 g/mol. The Labute approximate surface area is 220 Å². The summed E-state index contributed by atoms with van der Waals surface area (Å²) in [5.41, 5.74) is 2.45. The van der Waals surface area contributed by atoms with Crippen molar-refractivity contribution in [3.05, 3.63) is 42.1 Å². The quantitative estimate of drug-likeness (QED) is 0.473. The van der Waals surface area contributed by atoms with Gasteiger partial charge in [0.1, 0.15) is 30.3 Å². The number of halogens is 1. The summed E-state index contributed by atoms with van der Waals surface area (Å²) in [6.07, 6.45) is 3.12. The molecule has 4 heterocycles. The van der Waals surface area contributed by atoms with Gasteiger partial charge in [-0.2, -0.15) is 5.10 Å². The summed E-state index contributed by atoms with van der Waals surface area (Å²) in [6.45, 7) is 5.28. The van der Waals surface area contributed by atoms with Crippen LogP contribution in [0.15, 0.2) is 30.6 Å². The van der Waals surface area contributed by atoms with E-state index in [4.69, 9.17) is 0 Å². The maximum atomic E-state index is 14.4. The van der Waals surface area contributed by atoms with Crippen molar-refractivity contribution in [3.8, 4) is 11.1 Å². The van der Waals surface area contributed by atoms with Gasteiger partial charge in [0.15, 0.2) is 5.78 Å². The number of amides is 2. The molecule has 2 amide bonds. The number of hydrogen-bond acceptors (Lipinski definition) is 7. The van der Waals surface area contributed by atoms with Crippen LogP contribution in [0, 0.1) is 12.8 Å². The lowest BCUT2D eigenvalue weighted by Crippen LogP contribution is -2.48. The molecule has 38 heavy (non-hydrogen) atoms. The molecule has 3 atom stereocenters. The second-order valence-corrected chi connectivity index (χ2v) is 10.4. The van der Waals surface area contributed by atoms with Crippen molar-refractivity contribution in [2.45, 2.75) is 45.4 Å². The van der Waals surface area contributed by atoms with E-state index in [9.17, 15) is 18.8 Å². The second kappa shape index (κ2) is 10.6. The number of nitrogens with zero attached hydrogens (tertiary/aromatic N) is 6. The number of carbonyl (C=O) groups excluding carboxylic acids is 3. The lowest BCUT2D eigenvalue weighted by molar-refractivity contribution is -0.139. The topological polar surface area (TPSA) is 113 Å². The van der Waals surface area contributed by atoms with Crippen molar-refractivity contribution in [1.29, 1.82) is 0 Å². The summed E-state index contributed by atoms with van der Waals surface area (Å²) >= 11 is 0. The Balaban J connectivity index is 1.35. The average Bonchev–Trinajstić information content (AvgIpc) is 3.59. The van der Waals surface area contributed by atoms with Gasteiger partial charge in [0, 0.05) is 49.8 Å². The minimum atomic E-state index is -1.27. The van der Waals surface area contributed by atoms with Crippen molar-refractivity contribution in [2.75, 3.05) is 33.2 Å². The highest BCUT2D eigenvalue weighted by atomic mass is 19.1. The number of alkyl halides is 1. The number of carbonyl (C=O) groups is 3. The molecule has 0 aliphatic carbocycles. The molecule has 0 saturated carbocycles. The van der Waals surface area contributed by atoms with E-state index < -0.39 is 18.1 Å². The van der Waals surface area contributed by atoms with E-state index >= 15 is 0 Å². The number of Topliss-reactive ketones (excluding diaryl/α,β-unsaturated/α-hetero) is 1. The number of ketones is 1. The molecule has 10 nitrogen and oxygen atoms in total. The summed E-state index contributed by atoms with van der Waals surface area (Å²) in [6, 6.07) is 4.62. The van der Waals surface area contributed by atoms with Crippen LogP contribution in [0.4, 0.5) is 4.39 Å². The fraction of sp³-hybridized carbons (Fsp3) is 0.481. The molecule has 2 saturated heterocycles. The molecule has 2 aromatic heterocycles. The zero-order chi connectivity index (χ0) is 27.0. The number of aromatic nitrogens is 4. The monoisotopic (exact) mass is 521 g/mol. The third kappa shape index (κ3) is 5.28. The summed E-state index contributed by atoms with van der Waals surface area (Å²) in [7, 11) is 2.04. The maximum absolute atomic E-state index is 14.4. The Morgan fingerprint density at radius 3 is 2.58 bits per heavy atom. The van der Waals surface area contributed by atoms with E-state index in [1.807, 2.05) is 19.2 Å². The lowest BCUT2D eigenvalue weighted by Gasteiger charge is -2.24. The maximum Gasteiger partial charge on any atom is 0.245 e. The van der Waals surface area contributed by atoms with Gasteiger partial charge in [0.25, 0.3) is 0 Å². The van der Waals surface area contributed by atoms with Crippen LogP contribution >= 0.6 is 0 Å². The Morgan fingerprint density at radius 2 is 1.89 bits per heavy atom. The summed E-state index contributed by atoms with van der Waals surface area (Å²) in [5, 5.41) is 7.95. The number of hydrogen-bond donors (Lipinski definition) is 1. The van der Waals surface area contributed by atoms with Crippen molar-refractivity contribution in [1.82, 2.24) is 34.9 Å². The molecule has 0 spiro atoms. The summed E-state index contributed by atoms with van der Waals surface area (Å²) in [4.78, 5) is 50.6. The van der Waals surface area contributed by atoms with Crippen LogP contribution in [-0.4, -0.2) is 92.6 Å². The van der Waals surface area contributed by atoms with Crippen LogP contribution < -0.4 is 5.32 Å². The fourth-order valence-electron chi connectivity index (χ4n) is 5.36. The van der Waals surface area contributed by atoms with Crippen molar-refractivity contribution in [3.63, 3.8) is 0 Å². The zero-order valence-electron chi connectivity index (χ0n) is 21.9. The number of fused-ring (bicyclic) bond motifs is 1. The van der Waals surface area contributed by atoms with E-state index in [0.717, 1.165) is 30.6 Å². The van der Waals surface area contributed by atoms with E-state index in [1.54, 1.807) is 25.4 Å². The number of rotatable bonds is 7. The highest BCUT2D eigenvalue weighted by Crippen LogP contribution is 2.28. The molecule has 1 N–H and O–H groups in total. The van der Waals surface area contributed by atoms with Crippen LogP contribution in [0.2, 0.25) is 0 Å². The van der Waals surface area contributed by atoms with Crippen molar-refractivity contribution < 1.29 is 18.8 Å². The first-order valence-corrected chi connectivity index (χ1v) is 12.9. The first kappa shape index (κ1) is 25.9. The minimum Gasteiger partial charge on any atom is -0.354 e. The third-order valence-corrected chi connectivity index (χ3v) is 7.41. The molecular formula is C27H32FN7O3. The van der Waals surface area contributed by atoms with E-state index in [2.05, 4.69) is 25.3 Å². The van der Waals surface area contributed by atoms with Gasteiger partial charge >= 0.3 is 0 Å². The molecule has 2 aliphatic heterocycles. The zero-order valence-corrected chi connectivity index (χ0v) is 21.9. The number of likely N-dealkylation sites (tertiary alicyclic amines) is 2. The summed E-state index contributed by atoms with van der Waals surface area (Å²) < 4.78 is 15.9. The highest BCUT2D eigenvalue weighted by Gasteiger charge is 2.40. The summed E-state index contributed by atoms with van der Waals surface area (Å²) in [5.74, 6) is 0.0288. The molecule has 5 rings (SSSR count). The van der Waals surface area contributed by atoms with E-state index in [-0.39, 0.29) is 36.9 Å². The second-order valence-electron chi connectivity index (χ2n) is 10.4. The average molecular weight is 522 g/mol. The standard InChI is InChI=1S/C27H32FN7O3/c1-16(36)26-22-8-19(20-11-29-17(2)30-12-20)4-5-23(22)35(32-26)15-25(37)34-14-21(28)9-24(34)27(38)31-10-18-6-7-33(3)13-18/h4-5,8,11-12,18,21,24H,6-7,9-10,13-15H2,1-3H3,(H,31,38)/t18-,21+,24-/m0/s1. The minimum absolute atomic E-state index is 0.0251. The van der Waals surface area contributed by atoms with Crippen LogP contribution in [0.5, 0.6) is 0 Å². The third-order valence-electron chi connectivity index (χ3n) is 7.41. The Kier molecular flexibility index (Phi) is 7.20. The molecule has 1 aromatic carbocycles. The van der Waals surface area contributed by atoms with Gasteiger partial charge in [-0.3, -0.25) is 19.1 Å². The number of benzene rings is 1. The highest BCUT2D eigenvalue weighted by molar-refractivity contribution is 6.06. The lowest BCUT2D eigenvalue weighted by atomic mass is 10.0. The van der Waals surface area contributed by atoms with Gasteiger partial charge in [0.05, 0.1) is 12.1 Å². The predicted molar refractivity (Wildman–Crippen MR) is 139 cm³/mol. The number of nitrogens with one attached hydrogen (secondary N) is 1. The van der Waals surface area contributed by atoms with Gasteiger partial charge in [-0.25, -0.2) is 14.4 Å². The molecule has 11 heteroatoms. The molecule has 0 radical (unpaired) electrons. The van der Waals surface area contributed by atoms with Gasteiger partial charge in [-0.1, -0.05) is 6.07 Å². The van der Waals surface area contributed by atoms with Crippen LogP contribution in [0.1, 0.15) is 36.1 Å². The Bertz CT molecular complexity index is 1370. The number of aryl methyl sites for hydroxylation is 1. The normalized spacial score (nSPS) is 21.8. The fourth-order valence-corrected chi connectivity index (χ4v) is 5.36. The van der Waals surface area contributed by atoms with Gasteiger partial charge in [0.2, 0.25) is 11.8 Å². The Morgan fingerprint density at radius 1 is 1.13 bits per heavy atom. The van der Waals surface area contributed by atoms with E-state index in [0.29, 0.717) is 29.2 Å². The molecule has 2 aliphatic rings. The van der Waals surface area contributed by atoms with Gasteiger partial charge in [-0.15, -0.1) is 0 Å². The first-order chi connectivity index (χ1) is 18.2. The predicted octanol–water partition coefficient (Wildman–Crippen LogP) is 2.01. The molecule has 0 bridgehead atoms. The SMILES string of the molecule is CC(=O)c1nn(CC(=O)N2C[C@H](F)C[C@H]2C(=O)NC[C@@H]2CCN(C)C2)c2ccc(-c3cnc(C)nc3)cc12. The van der Waals surface area contributed by atoms with Gasteiger partial charge < -0.3 is 15.1 Å².